The monoisotopic (exact) mass is 435 g/mol. The molecule has 4 nitrogen and oxygen atoms in total. The molecular weight excluding hydrogens is 410 g/mol. The number of halogens is 4. The molecule has 1 unspecified atom stereocenters. The summed E-state index contributed by atoms with van der Waals surface area (Å²) >= 11 is 0. The zero-order valence-corrected chi connectivity index (χ0v) is 17.1. The minimum atomic E-state index is -4.42. The number of nitrogens with zero attached hydrogens (tertiary/aromatic N) is 3. The molecule has 31 heavy (non-hydrogen) atoms. The number of piperazine rings is 1. The first-order chi connectivity index (χ1) is 14.8. The Hall–Kier alpha value is -2.45. The zero-order valence-electron chi connectivity index (χ0n) is 17.1. The van der Waals surface area contributed by atoms with Crippen LogP contribution in [0.5, 0.6) is 0 Å². The van der Waals surface area contributed by atoms with Crippen molar-refractivity contribution in [3.63, 3.8) is 0 Å². The SMILES string of the molecule is O=CN1CCN(C2CN(Cc3ccc(C(F)c4ccc(C(F)(F)F)cc4)cc3)C2)CC1. The van der Waals surface area contributed by atoms with E-state index >= 15 is 0 Å². The van der Waals surface area contributed by atoms with Crippen LogP contribution in [0, 0.1) is 0 Å². The highest BCUT2D eigenvalue weighted by atomic mass is 19.4. The van der Waals surface area contributed by atoms with Gasteiger partial charge in [0.25, 0.3) is 0 Å². The van der Waals surface area contributed by atoms with E-state index in [0.717, 1.165) is 69.9 Å². The van der Waals surface area contributed by atoms with Gasteiger partial charge in [-0.15, -0.1) is 0 Å². The van der Waals surface area contributed by atoms with Crippen LogP contribution < -0.4 is 0 Å². The number of hydrogen-bond donors (Lipinski definition) is 0. The van der Waals surface area contributed by atoms with E-state index in [1.54, 1.807) is 17.0 Å². The van der Waals surface area contributed by atoms with E-state index in [2.05, 4.69) is 9.80 Å². The Labute approximate surface area is 179 Å². The zero-order chi connectivity index (χ0) is 22.0. The molecule has 166 valence electrons. The molecule has 0 radical (unpaired) electrons. The maximum atomic E-state index is 14.8. The van der Waals surface area contributed by atoms with Crippen molar-refractivity contribution in [3.05, 3.63) is 70.8 Å². The Morgan fingerprint density at radius 2 is 1.45 bits per heavy atom. The molecule has 8 heteroatoms. The average molecular weight is 435 g/mol. The fraction of sp³-hybridized carbons (Fsp3) is 0.435. The van der Waals surface area contributed by atoms with Crippen LogP contribution in [0.3, 0.4) is 0 Å². The summed E-state index contributed by atoms with van der Waals surface area (Å²) in [5.41, 5.74) is 0.934. The van der Waals surface area contributed by atoms with Gasteiger partial charge in [0.05, 0.1) is 5.56 Å². The predicted octanol–water partition coefficient (Wildman–Crippen LogP) is 3.72. The number of likely N-dealkylation sites (tertiary alicyclic amines) is 1. The lowest BCUT2D eigenvalue weighted by Gasteiger charge is -2.47. The first kappa shape index (κ1) is 21.8. The van der Waals surface area contributed by atoms with Crippen molar-refractivity contribution < 1.29 is 22.4 Å². The van der Waals surface area contributed by atoms with Crippen molar-refractivity contribution >= 4 is 6.41 Å². The van der Waals surface area contributed by atoms with Gasteiger partial charge in [-0.1, -0.05) is 36.4 Å². The average Bonchev–Trinajstić information content (AvgIpc) is 2.75. The number of hydrogen-bond acceptors (Lipinski definition) is 3. The topological polar surface area (TPSA) is 26.8 Å². The fourth-order valence-corrected chi connectivity index (χ4v) is 4.19. The van der Waals surface area contributed by atoms with Gasteiger partial charge in [-0.05, 0) is 28.8 Å². The van der Waals surface area contributed by atoms with Crippen molar-refractivity contribution in [1.82, 2.24) is 14.7 Å². The Bertz CT molecular complexity index is 871. The predicted molar refractivity (Wildman–Crippen MR) is 109 cm³/mol. The standard InChI is InChI=1S/C23H25F4N3O/c24-22(19-5-7-20(8-6-19)23(25,26)27)18-3-1-17(2-4-18)13-29-14-21(15-29)30-11-9-28(16-31)10-12-30/h1-8,16,21-22H,9-15H2. The lowest BCUT2D eigenvalue weighted by Crippen LogP contribution is -2.62. The second-order valence-electron chi connectivity index (χ2n) is 8.25. The quantitative estimate of drug-likeness (QED) is 0.511. The second-order valence-corrected chi connectivity index (χ2v) is 8.25. The summed E-state index contributed by atoms with van der Waals surface area (Å²) in [6.07, 6.45) is -4.98. The molecule has 4 rings (SSSR count). The van der Waals surface area contributed by atoms with E-state index in [9.17, 15) is 22.4 Å². The number of benzene rings is 2. The van der Waals surface area contributed by atoms with Gasteiger partial charge >= 0.3 is 6.18 Å². The third-order valence-corrected chi connectivity index (χ3v) is 6.16. The van der Waals surface area contributed by atoms with E-state index in [-0.39, 0.29) is 5.56 Å². The molecule has 1 amide bonds. The molecule has 0 N–H and O–H groups in total. The second kappa shape index (κ2) is 8.96. The van der Waals surface area contributed by atoms with Gasteiger partial charge in [0, 0.05) is 51.9 Å². The molecule has 2 aromatic rings. The lowest BCUT2D eigenvalue weighted by molar-refractivity contribution is -0.137. The minimum absolute atomic E-state index is 0.209. The number of rotatable bonds is 6. The Kier molecular flexibility index (Phi) is 6.29. The number of alkyl halides is 4. The van der Waals surface area contributed by atoms with Crippen molar-refractivity contribution in [2.75, 3.05) is 39.3 Å². The van der Waals surface area contributed by atoms with Gasteiger partial charge < -0.3 is 4.90 Å². The van der Waals surface area contributed by atoms with Gasteiger partial charge in [-0.25, -0.2) is 4.39 Å². The first-order valence-electron chi connectivity index (χ1n) is 10.4. The van der Waals surface area contributed by atoms with Crippen molar-refractivity contribution in [2.24, 2.45) is 0 Å². The van der Waals surface area contributed by atoms with Gasteiger partial charge in [0.2, 0.25) is 6.41 Å². The summed E-state index contributed by atoms with van der Waals surface area (Å²) in [6.45, 7) is 6.11. The first-order valence-corrected chi connectivity index (χ1v) is 10.4. The summed E-state index contributed by atoms with van der Waals surface area (Å²) in [7, 11) is 0. The van der Waals surface area contributed by atoms with Crippen LogP contribution in [0.25, 0.3) is 0 Å². The van der Waals surface area contributed by atoms with Crippen LogP contribution in [0.4, 0.5) is 17.6 Å². The molecule has 0 aliphatic carbocycles. The van der Waals surface area contributed by atoms with Crippen LogP contribution in [0.1, 0.15) is 28.4 Å². The molecule has 2 aliphatic heterocycles. The highest BCUT2D eigenvalue weighted by molar-refractivity contribution is 5.47. The van der Waals surface area contributed by atoms with Crippen molar-refractivity contribution in [3.8, 4) is 0 Å². The third kappa shape index (κ3) is 5.07. The molecule has 2 aromatic carbocycles. The Morgan fingerprint density at radius 1 is 0.903 bits per heavy atom. The van der Waals surface area contributed by atoms with Crippen LogP contribution in [-0.2, 0) is 17.5 Å². The van der Waals surface area contributed by atoms with Crippen molar-refractivity contribution in [2.45, 2.75) is 24.9 Å². The maximum absolute atomic E-state index is 14.8. The molecule has 1 atom stereocenters. The van der Waals surface area contributed by atoms with Crippen LogP contribution in [-0.4, -0.2) is 66.4 Å². The Balaban J connectivity index is 1.27. The number of carbonyl (C=O) groups excluding carboxylic acids is 1. The van der Waals surface area contributed by atoms with Crippen LogP contribution >= 0.6 is 0 Å². The van der Waals surface area contributed by atoms with Crippen LogP contribution in [0.2, 0.25) is 0 Å². The smallest absolute Gasteiger partial charge is 0.343 e. The molecule has 2 aliphatic rings. The van der Waals surface area contributed by atoms with E-state index < -0.39 is 17.9 Å². The molecule has 2 fully saturated rings. The fourth-order valence-electron chi connectivity index (χ4n) is 4.19. The molecule has 0 spiro atoms. The summed E-state index contributed by atoms with van der Waals surface area (Å²) in [6, 6.07) is 11.9. The van der Waals surface area contributed by atoms with E-state index in [1.165, 1.54) is 12.1 Å². The van der Waals surface area contributed by atoms with E-state index in [1.807, 2.05) is 12.1 Å². The van der Waals surface area contributed by atoms with E-state index in [4.69, 9.17) is 0 Å². The lowest BCUT2D eigenvalue weighted by atomic mass is 9.99. The maximum Gasteiger partial charge on any atom is 0.416 e. The van der Waals surface area contributed by atoms with Crippen molar-refractivity contribution in [1.29, 1.82) is 0 Å². The number of amides is 1. The van der Waals surface area contributed by atoms with Crippen LogP contribution in [0.15, 0.2) is 48.5 Å². The molecule has 0 bridgehead atoms. The van der Waals surface area contributed by atoms with E-state index in [0.29, 0.717) is 11.6 Å². The summed E-state index contributed by atoms with van der Waals surface area (Å²) in [5, 5.41) is 0. The van der Waals surface area contributed by atoms with Gasteiger partial charge in [0.1, 0.15) is 0 Å². The Morgan fingerprint density at radius 3 is 1.97 bits per heavy atom. The largest absolute Gasteiger partial charge is 0.416 e. The molecule has 2 saturated heterocycles. The van der Waals surface area contributed by atoms with Gasteiger partial charge in [-0.3, -0.25) is 14.6 Å². The normalized spacial score (nSPS) is 19.8. The summed E-state index contributed by atoms with van der Waals surface area (Å²) < 4.78 is 52.8. The van der Waals surface area contributed by atoms with Gasteiger partial charge in [-0.2, -0.15) is 13.2 Å². The molecule has 0 aromatic heterocycles. The highest BCUT2D eigenvalue weighted by Crippen LogP contribution is 2.32. The minimum Gasteiger partial charge on any atom is -0.343 e. The third-order valence-electron chi connectivity index (χ3n) is 6.16. The highest BCUT2D eigenvalue weighted by Gasteiger charge is 2.33. The number of carbonyl (C=O) groups is 1. The van der Waals surface area contributed by atoms with Gasteiger partial charge in [0.15, 0.2) is 6.17 Å². The molecule has 0 saturated carbocycles. The molecule has 2 heterocycles. The summed E-state index contributed by atoms with van der Waals surface area (Å²) in [4.78, 5) is 17.4. The summed E-state index contributed by atoms with van der Waals surface area (Å²) in [5.74, 6) is 0. The molecular formula is C23H25F4N3O.